The summed E-state index contributed by atoms with van der Waals surface area (Å²) in [6.07, 6.45) is 2.11. The summed E-state index contributed by atoms with van der Waals surface area (Å²) in [5.41, 5.74) is -0.0643. The number of rotatable bonds is 3. The van der Waals surface area contributed by atoms with E-state index in [1.807, 2.05) is 31.2 Å². The van der Waals surface area contributed by atoms with Crippen LogP contribution in [0.25, 0.3) is 0 Å². The minimum Gasteiger partial charge on any atom is -0.468 e. The van der Waals surface area contributed by atoms with Crippen LogP contribution in [0.2, 0.25) is 0 Å². The van der Waals surface area contributed by atoms with Crippen LogP contribution in [-0.2, 0) is 18.6 Å². The second kappa shape index (κ2) is 5.58. The van der Waals surface area contributed by atoms with Crippen LogP contribution in [0.1, 0.15) is 37.8 Å². The molecular weight excluding hydrogens is 329 g/mol. The number of methoxy groups -OCH3 is 1. The maximum absolute atomic E-state index is 13.5. The number of carbonyl (C=O) groups excluding carboxylic acids is 1. The first-order valence-electron chi connectivity index (χ1n) is 8.44. The lowest BCUT2D eigenvalue weighted by molar-refractivity contribution is -0.152. The van der Waals surface area contributed by atoms with Crippen molar-refractivity contribution >= 4 is 13.6 Å². The summed E-state index contributed by atoms with van der Waals surface area (Å²) >= 11 is 0. The third kappa shape index (κ3) is 2.03. The van der Waals surface area contributed by atoms with Crippen molar-refractivity contribution in [2.45, 2.75) is 43.4 Å². The largest absolute Gasteiger partial charge is 0.468 e. The Morgan fingerprint density at radius 3 is 3.00 bits per heavy atom. The molecule has 0 radical (unpaired) electrons. The van der Waals surface area contributed by atoms with Crippen LogP contribution in [0.15, 0.2) is 24.3 Å². The summed E-state index contributed by atoms with van der Waals surface area (Å²) in [6, 6.07) is 7.50. The van der Waals surface area contributed by atoms with E-state index in [9.17, 15) is 9.36 Å². The van der Waals surface area contributed by atoms with Gasteiger partial charge in [0.2, 0.25) is 0 Å². The molecule has 0 spiro atoms. The number of benzene rings is 1. The standard InChI is InChI=1S/C17H22NO5P/c1-3-22-24(20)14-11-17(16(19)21-2)9-6-10-18(17)15(14)12-7-4-5-8-13(12)23-24/h4-5,7-8,14-15H,3,6,9-11H2,1-2H3/t14-,15-,17+,24+/m0/s1. The van der Waals surface area contributed by atoms with Gasteiger partial charge in [-0.3, -0.25) is 14.2 Å². The van der Waals surface area contributed by atoms with Crippen molar-refractivity contribution in [3.05, 3.63) is 29.8 Å². The van der Waals surface area contributed by atoms with E-state index in [1.54, 1.807) is 0 Å². The van der Waals surface area contributed by atoms with Crippen molar-refractivity contribution in [1.29, 1.82) is 0 Å². The van der Waals surface area contributed by atoms with Crippen molar-refractivity contribution in [2.24, 2.45) is 0 Å². The Hall–Kier alpha value is -1.36. The molecule has 3 aliphatic rings. The Labute approximate surface area is 141 Å². The lowest BCUT2D eigenvalue weighted by atomic mass is 9.93. The Bertz CT molecular complexity index is 723. The van der Waals surface area contributed by atoms with E-state index < -0.39 is 13.1 Å². The molecule has 7 heteroatoms. The zero-order valence-corrected chi connectivity index (χ0v) is 14.8. The molecule has 0 aliphatic carbocycles. The van der Waals surface area contributed by atoms with Crippen LogP contribution in [0, 0.1) is 0 Å². The topological polar surface area (TPSA) is 65.1 Å². The average Bonchev–Trinajstić information content (AvgIpc) is 3.12. The number of hydrogen-bond donors (Lipinski definition) is 0. The van der Waals surface area contributed by atoms with Crippen LogP contribution >= 0.6 is 7.60 Å². The molecule has 1 aromatic carbocycles. The number of esters is 1. The van der Waals surface area contributed by atoms with Crippen molar-refractivity contribution in [2.75, 3.05) is 20.3 Å². The quantitative estimate of drug-likeness (QED) is 0.616. The van der Waals surface area contributed by atoms with Crippen molar-refractivity contribution in [3.63, 3.8) is 0 Å². The second-order valence-corrected chi connectivity index (χ2v) is 8.81. The van der Waals surface area contributed by atoms with E-state index in [-0.39, 0.29) is 17.7 Å². The van der Waals surface area contributed by atoms with Gasteiger partial charge in [0.15, 0.2) is 0 Å². The Morgan fingerprint density at radius 2 is 2.25 bits per heavy atom. The second-order valence-electron chi connectivity index (χ2n) is 6.62. The summed E-state index contributed by atoms with van der Waals surface area (Å²) in [5.74, 6) is 0.359. The maximum atomic E-state index is 13.5. The van der Waals surface area contributed by atoms with Gasteiger partial charge in [-0.2, -0.15) is 0 Å². The number of ether oxygens (including phenoxy) is 1. The van der Waals surface area contributed by atoms with Gasteiger partial charge in [-0.25, -0.2) is 4.57 Å². The normalized spacial score (nSPS) is 37.2. The minimum absolute atomic E-state index is 0.131. The van der Waals surface area contributed by atoms with Gasteiger partial charge >= 0.3 is 13.6 Å². The zero-order chi connectivity index (χ0) is 16.9. The molecule has 0 saturated carbocycles. The lowest BCUT2D eigenvalue weighted by Crippen LogP contribution is -2.47. The molecule has 1 aromatic rings. The molecule has 130 valence electrons. The number of carbonyl (C=O) groups is 1. The summed E-state index contributed by atoms with van der Waals surface area (Å²) in [4.78, 5) is 14.8. The van der Waals surface area contributed by atoms with Crippen molar-refractivity contribution < 1.29 is 23.1 Å². The summed E-state index contributed by atoms with van der Waals surface area (Å²) in [7, 11) is -1.93. The Morgan fingerprint density at radius 1 is 1.46 bits per heavy atom. The third-order valence-electron chi connectivity index (χ3n) is 5.53. The highest BCUT2D eigenvalue weighted by atomic mass is 31.2. The number of hydrogen-bond acceptors (Lipinski definition) is 6. The molecule has 0 amide bonds. The average molecular weight is 351 g/mol. The fourth-order valence-electron chi connectivity index (χ4n) is 4.66. The molecule has 3 heterocycles. The van der Waals surface area contributed by atoms with E-state index in [4.69, 9.17) is 13.8 Å². The van der Waals surface area contributed by atoms with E-state index >= 15 is 0 Å². The Kier molecular flexibility index (Phi) is 3.75. The first-order valence-corrected chi connectivity index (χ1v) is 10.0. The zero-order valence-electron chi connectivity index (χ0n) is 13.9. The smallest absolute Gasteiger partial charge is 0.384 e. The molecule has 0 aromatic heterocycles. The fraction of sp³-hybridized carbons (Fsp3) is 0.588. The van der Waals surface area contributed by atoms with Crippen molar-refractivity contribution in [1.82, 2.24) is 4.90 Å². The molecule has 2 saturated heterocycles. The van der Waals surface area contributed by atoms with Crippen molar-refractivity contribution in [3.8, 4) is 5.75 Å². The van der Waals surface area contributed by atoms with Gasteiger partial charge in [-0.05, 0) is 38.8 Å². The highest BCUT2D eigenvalue weighted by Gasteiger charge is 2.66. The molecule has 4 atom stereocenters. The van der Waals surface area contributed by atoms with Crippen LogP contribution in [0.3, 0.4) is 0 Å². The predicted molar refractivity (Wildman–Crippen MR) is 88.1 cm³/mol. The number of nitrogens with zero attached hydrogens (tertiary/aromatic N) is 1. The van der Waals surface area contributed by atoms with E-state index in [2.05, 4.69) is 4.90 Å². The van der Waals surface area contributed by atoms with Gasteiger partial charge < -0.3 is 9.26 Å². The Balaban J connectivity index is 1.86. The molecule has 0 N–H and O–H groups in total. The van der Waals surface area contributed by atoms with Gasteiger partial charge in [0.25, 0.3) is 0 Å². The molecule has 3 aliphatic heterocycles. The van der Waals surface area contributed by atoms with E-state index in [0.717, 1.165) is 24.9 Å². The molecular formula is C17H22NO5P. The molecule has 0 bridgehead atoms. The van der Waals surface area contributed by atoms with Gasteiger partial charge in [0, 0.05) is 5.56 Å². The third-order valence-corrected chi connectivity index (χ3v) is 7.88. The highest BCUT2D eigenvalue weighted by molar-refractivity contribution is 7.55. The van der Waals surface area contributed by atoms with Gasteiger partial charge in [-0.1, -0.05) is 18.2 Å². The SMILES string of the molecule is CCO[P@@]1(=O)Oc2ccccc2[C@H]2[C@@H]1C[C@@]1(C(=O)OC)CCCN21. The van der Waals surface area contributed by atoms with E-state index in [0.29, 0.717) is 18.8 Å². The van der Waals surface area contributed by atoms with Gasteiger partial charge in [0.05, 0.1) is 25.4 Å². The minimum atomic E-state index is -3.35. The first-order chi connectivity index (χ1) is 11.6. The van der Waals surface area contributed by atoms with Crippen LogP contribution in [0.4, 0.5) is 0 Å². The van der Waals surface area contributed by atoms with Crippen LogP contribution in [0.5, 0.6) is 5.75 Å². The monoisotopic (exact) mass is 351 g/mol. The van der Waals surface area contributed by atoms with E-state index in [1.165, 1.54) is 7.11 Å². The summed E-state index contributed by atoms with van der Waals surface area (Å²) in [6.45, 7) is 2.91. The predicted octanol–water partition coefficient (Wildman–Crippen LogP) is 3.13. The molecule has 2 fully saturated rings. The molecule has 6 nitrogen and oxygen atoms in total. The maximum Gasteiger partial charge on any atom is 0.384 e. The van der Waals surface area contributed by atoms with Crippen LogP contribution in [-0.4, -0.2) is 42.3 Å². The molecule has 4 rings (SSSR count). The fourth-order valence-corrected chi connectivity index (χ4v) is 7.03. The molecule has 0 unspecified atom stereocenters. The van der Waals surface area contributed by atoms with Crippen LogP contribution < -0.4 is 4.52 Å². The lowest BCUT2D eigenvalue weighted by Gasteiger charge is -2.37. The van der Waals surface area contributed by atoms with Gasteiger partial charge in [0.1, 0.15) is 11.3 Å². The number of fused-ring (bicyclic) bond motifs is 5. The highest BCUT2D eigenvalue weighted by Crippen LogP contribution is 2.69. The first kappa shape index (κ1) is 16.1. The summed E-state index contributed by atoms with van der Waals surface area (Å²) < 4.78 is 30.0. The molecule has 24 heavy (non-hydrogen) atoms. The summed E-state index contributed by atoms with van der Waals surface area (Å²) in [5, 5.41) is 0. The van der Waals surface area contributed by atoms with Gasteiger partial charge in [-0.15, -0.1) is 0 Å². The number of para-hydroxylation sites is 1.